The van der Waals surface area contributed by atoms with E-state index in [2.05, 4.69) is 32.9 Å². The summed E-state index contributed by atoms with van der Waals surface area (Å²) >= 11 is 3.15. The van der Waals surface area contributed by atoms with Crippen LogP contribution in [-0.4, -0.2) is 22.2 Å². The van der Waals surface area contributed by atoms with Crippen LogP contribution < -0.4 is 11.1 Å². The van der Waals surface area contributed by atoms with Crippen molar-refractivity contribution in [2.24, 2.45) is 7.05 Å². The van der Waals surface area contributed by atoms with Gasteiger partial charge >= 0.3 is 0 Å². The average Bonchev–Trinajstić information content (AvgIpc) is 2.37. The van der Waals surface area contributed by atoms with Crippen LogP contribution in [-0.2, 0) is 7.05 Å². The lowest BCUT2D eigenvalue weighted by atomic mass is 10.3. The number of rotatable bonds is 3. The molecular weight excluding hydrogens is 260 g/mol. The number of anilines is 1. The molecule has 82 valence electrons. The van der Waals surface area contributed by atoms with Crippen molar-refractivity contribution in [2.45, 2.75) is 6.92 Å². The summed E-state index contributed by atoms with van der Waals surface area (Å²) in [7, 11) is 1.68. The molecule has 3 N–H and O–H groups in total. The van der Waals surface area contributed by atoms with Crippen LogP contribution in [0.3, 0.4) is 0 Å². The zero-order valence-electron chi connectivity index (χ0n) is 8.67. The summed E-state index contributed by atoms with van der Waals surface area (Å²) in [5, 5.41) is 6.72. The molecule has 0 saturated carbocycles. The van der Waals surface area contributed by atoms with Crippen LogP contribution in [0, 0.1) is 6.92 Å². The van der Waals surface area contributed by atoms with Crippen molar-refractivity contribution in [2.75, 3.05) is 12.3 Å². The minimum atomic E-state index is -0.254. The van der Waals surface area contributed by atoms with Crippen molar-refractivity contribution < 1.29 is 4.79 Å². The fourth-order valence-electron chi connectivity index (χ4n) is 1.20. The Morgan fingerprint density at radius 1 is 1.73 bits per heavy atom. The summed E-state index contributed by atoms with van der Waals surface area (Å²) in [6, 6.07) is 0. The zero-order chi connectivity index (χ0) is 11.6. The number of nitrogen functional groups attached to an aromatic ring is 1. The van der Waals surface area contributed by atoms with Gasteiger partial charge < -0.3 is 11.1 Å². The predicted octanol–water partition coefficient (Wildman–Crippen LogP) is 0.949. The maximum absolute atomic E-state index is 11.7. The Balaban J connectivity index is 2.86. The maximum atomic E-state index is 11.7. The molecule has 0 bridgehead atoms. The van der Waals surface area contributed by atoms with E-state index in [1.807, 2.05) is 0 Å². The van der Waals surface area contributed by atoms with Gasteiger partial charge in [0.25, 0.3) is 5.91 Å². The second-order valence-corrected chi connectivity index (χ2v) is 4.29. The summed E-state index contributed by atoms with van der Waals surface area (Å²) in [6.45, 7) is 5.74. The first kappa shape index (κ1) is 11.8. The molecule has 0 aromatic carbocycles. The Morgan fingerprint density at radius 3 is 2.73 bits per heavy atom. The first-order valence-corrected chi connectivity index (χ1v) is 5.13. The van der Waals surface area contributed by atoms with Crippen LogP contribution in [0.4, 0.5) is 5.69 Å². The molecule has 0 aliphatic rings. The number of hydrogen-bond donors (Lipinski definition) is 2. The summed E-state index contributed by atoms with van der Waals surface area (Å²) in [6.07, 6.45) is 0. The number of aryl methyl sites for hydroxylation is 2. The first-order chi connectivity index (χ1) is 6.93. The second kappa shape index (κ2) is 4.48. The number of hydrogen-bond acceptors (Lipinski definition) is 3. The van der Waals surface area contributed by atoms with E-state index in [0.29, 0.717) is 28.1 Å². The Labute approximate surface area is 96.5 Å². The lowest BCUT2D eigenvalue weighted by molar-refractivity contribution is 0.0949. The number of nitrogens with one attached hydrogen (secondary N) is 1. The number of nitrogens with two attached hydrogens (primary N) is 1. The number of amides is 1. The van der Waals surface area contributed by atoms with E-state index in [-0.39, 0.29) is 5.91 Å². The van der Waals surface area contributed by atoms with Gasteiger partial charge in [-0.2, -0.15) is 5.10 Å². The van der Waals surface area contributed by atoms with Crippen molar-refractivity contribution in [3.05, 3.63) is 22.4 Å². The number of carbonyl (C=O) groups is 1. The zero-order valence-corrected chi connectivity index (χ0v) is 10.3. The molecule has 1 rings (SSSR count). The van der Waals surface area contributed by atoms with Gasteiger partial charge in [-0.1, -0.05) is 22.5 Å². The quantitative estimate of drug-likeness (QED) is 0.861. The Kier molecular flexibility index (Phi) is 3.52. The van der Waals surface area contributed by atoms with E-state index < -0.39 is 0 Å². The average molecular weight is 273 g/mol. The molecule has 0 fully saturated rings. The third kappa shape index (κ3) is 2.59. The van der Waals surface area contributed by atoms with Crippen LogP contribution in [0.15, 0.2) is 11.1 Å². The standard InChI is InChI=1S/C9H13BrN4O/c1-5(10)4-12-9(15)8-7(11)6(2)13-14(8)3/h1,4,11H2,2-3H3,(H,12,15). The summed E-state index contributed by atoms with van der Waals surface area (Å²) in [5.74, 6) is -0.254. The molecule has 5 nitrogen and oxygen atoms in total. The van der Waals surface area contributed by atoms with Crippen molar-refractivity contribution in [1.82, 2.24) is 15.1 Å². The van der Waals surface area contributed by atoms with Crippen LogP contribution in [0.2, 0.25) is 0 Å². The lowest BCUT2D eigenvalue weighted by Crippen LogP contribution is -2.27. The van der Waals surface area contributed by atoms with Crippen LogP contribution in [0.25, 0.3) is 0 Å². The SMILES string of the molecule is C=C(Br)CNC(=O)c1c(N)c(C)nn1C. The summed E-state index contributed by atoms with van der Waals surface area (Å²) in [4.78, 5) is 11.7. The molecule has 0 aliphatic heterocycles. The summed E-state index contributed by atoms with van der Waals surface area (Å²) < 4.78 is 2.17. The van der Waals surface area contributed by atoms with Gasteiger partial charge in [0.2, 0.25) is 0 Å². The number of aromatic nitrogens is 2. The van der Waals surface area contributed by atoms with E-state index in [1.165, 1.54) is 4.68 Å². The Morgan fingerprint density at radius 2 is 2.33 bits per heavy atom. The van der Waals surface area contributed by atoms with Gasteiger partial charge in [0, 0.05) is 18.1 Å². The van der Waals surface area contributed by atoms with E-state index in [1.54, 1.807) is 14.0 Å². The lowest BCUT2D eigenvalue weighted by Gasteiger charge is -2.04. The number of nitrogens with zero attached hydrogens (tertiary/aromatic N) is 2. The van der Waals surface area contributed by atoms with Crippen molar-refractivity contribution in [1.29, 1.82) is 0 Å². The van der Waals surface area contributed by atoms with Gasteiger partial charge in [0.15, 0.2) is 0 Å². The van der Waals surface area contributed by atoms with E-state index >= 15 is 0 Å². The fraction of sp³-hybridized carbons (Fsp3) is 0.333. The van der Waals surface area contributed by atoms with Crippen molar-refractivity contribution >= 4 is 27.5 Å². The molecule has 0 radical (unpaired) electrons. The molecule has 1 aromatic heterocycles. The monoisotopic (exact) mass is 272 g/mol. The Bertz CT molecular complexity index is 410. The molecule has 0 unspecified atom stereocenters. The van der Waals surface area contributed by atoms with E-state index in [9.17, 15) is 4.79 Å². The van der Waals surface area contributed by atoms with E-state index in [0.717, 1.165) is 0 Å². The molecule has 0 spiro atoms. The molecule has 0 aliphatic carbocycles. The highest BCUT2D eigenvalue weighted by molar-refractivity contribution is 9.11. The smallest absolute Gasteiger partial charge is 0.271 e. The largest absolute Gasteiger partial charge is 0.395 e. The highest BCUT2D eigenvalue weighted by atomic mass is 79.9. The van der Waals surface area contributed by atoms with Gasteiger partial charge in [0.05, 0.1) is 11.4 Å². The topological polar surface area (TPSA) is 72.9 Å². The summed E-state index contributed by atoms with van der Waals surface area (Å²) in [5.41, 5.74) is 7.17. The predicted molar refractivity (Wildman–Crippen MR) is 62.8 cm³/mol. The molecule has 6 heteroatoms. The van der Waals surface area contributed by atoms with Gasteiger partial charge in [-0.15, -0.1) is 0 Å². The van der Waals surface area contributed by atoms with Crippen LogP contribution in [0.5, 0.6) is 0 Å². The normalized spacial score (nSPS) is 10.1. The molecule has 1 aromatic rings. The van der Waals surface area contributed by atoms with Gasteiger partial charge in [-0.25, -0.2) is 0 Å². The number of halogens is 1. The molecule has 0 atom stereocenters. The van der Waals surface area contributed by atoms with Gasteiger partial charge in [-0.05, 0) is 6.92 Å². The third-order valence-corrected chi connectivity index (χ3v) is 2.20. The molecule has 1 amide bonds. The maximum Gasteiger partial charge on any atom is 0.271 e. The third-order valence-electron chi connectivity index (χ3n) is 1.92. The van der Waals surface area contributed by atoms with Crippen molar-refractivity contribution in [3.8, 4) is 0 Å². The minimum Gasteiger partial charge on any atom is -0.395 e. The Hall–Kier alpha value is -1.30. The highest BCUT2D eigenvalue weighted by Crippen LogP contribution is 2.14. The van der Waals surface area contributed by atoms with Crippen LogP contribution >= 0.6 is 15.9 Å². The minimum absolute atomic E-state index is 0.254. The first-order valence-electron chi connectivity index (χ1n) is 4.34. The van der Waals surface area contributed by atoms with Gasteiger partial charge in [-0.3, -0.25) is 9.48 Å². The van der Waals surface area contributed by atoms with Gasteiger partial charge in [0.1, 0.15) is 5.69 Å². The molecular formula is C9H13BrN4O. The number of carbonyl (C=O) groups excluding carboxylic acids is 1. The second-order valence-electron chi connectivity index (χ2n) is 3.17. The van der Waals surface area contributed by atoms with Crippen LogP contribution in [0.1, 0.15) is 16.2 Å². The fourth-order valence-corrected chi connectivity index (χ4v) is 1.34. The molecule has 0 saturated heterocycles. The van der Waals surface area contributed by atoms with Crippen molar-refractivity contribution in [3.63, 3.8) is 0 Å². The highest BCUT2D eigenvalue weighted by Gasteiger charge is 2.17. The molecule has 15 heavy (non-hydrogen) atoms. The van der Waals surface area contributed by atoms with E-state index in [4.69, 9.17) is 5.73 Å². The molecule has 1 heterocycles.